The molecule has 0 amide bonds. The van der Waals surface area contributed by atoms with Crippen molar-refractivity contribution in [3.63, 3.8) is 0 Å². The van der Waals surface area contributed by atoms with Crippen molar-refractivity contribution in [1.29, 1.82) is 0 Å². The third kappa shape index (κ3) is 2.81. The highest BCUT2D eigenvalue weighted by molar-refractivity contribution is 14.2. The van der Waals surface area contributed by atoms with Gasteiger partial charge in [0.25, 0.3) is 0 Å². The lowest BCUT2D eigenvalue weighted by Gasteiger charge is -2.32. The molecule has 0 aliphatic carbocycles. The number of fused-ring (bicyclic) bond motifs is 1. The Morgan fingerprint density at radius 3 is 2.04 bits per heavy atom. The van der Waals surface area contributed by atoms with Crippen LogP contribution in [0.1, 0.15) is 27.7 Å². The second-order valence-corrected chi connectivity index (χ2v) is 8.47. The molecule has 5 nitrogen and oxygen atoms in total. The van der Waals surface area contributed by atoms with Crippen molar-refractivity contribution in [3.05, 3.63) is 18.2 Å². The van der Waals surface area contributed by atoms with Gasteiger partial charge in [-0.15, -0.1) is 0 Å². The van der Waals surface area contributed by atoms with Gasteiger partial charge in [-0.1, -0.05) is 0 Å². The fourth-order valence-corrected chi connectivity index (χ4v) is 4.51. The Morgan fingerprint density at radius 1 is 1.00 bits per heavy atom. The number of hydrogen-bond acceptors (Lipinski definition) is 5. The average molecular weight is 461 g/mol. The van der Waals surface area contributed by atoms with Gasteiger partial charge in [-0.2, -0.15) is 0 Å². The van der Waals surface area contributed by atoms with Crippen LogP contribution < -0.4 is 15.1 Å². The lowest BCUT2D eigenvalue weighted by atomic mass is 9.85. The summed E-state index contributed by atoms with van der Waals surface area (Å²) in [6.07, 6.45) is 0. The van der Waals surface area contributed by atoms with Crippen LogP contribution in [0, 0.1) is 0 Å². The van der Waals surface area contributed by atoms with E-state index in [4.69, 9.17) is 18.8 Å². The van der Waals surface area contributed by atoms with Gasteiger partial charge >= 0.3 is 7.12 Å². The zero-order chi connectivity index (χ0) is 17.7. The van der Waals surface area contributed by atoms with E-state index in [1.165, 1.54) is 0 Å². The smallest absolute Gasteiger partial charge is 0.493 e. The van der Waals surface area contributed by atoms with Gasteiger partial charge in [0, 0.05) is 41.8 Å². The number of rotatable bonds is 4. The first-order valence-corrected chi connectivity index (χ1v) is 11.0. The maximum Gasteiger partial charge on any atom is 0.513 e. The van der Waals surface area contributed by atoms with E-state index in [9.17, 15) is 0 Å². The molecule has 2 aromatic rings. The van der Waals surface area contributed by atoms with Gasteiger partial charge in [-0.05, 0) is 39.8 Å². The van der Waals surface area contributed by atoms with Crippen LogP contribution in [0.5, 0.6) is 11.5 Å². The minimum atomic E-state index is -0.415. The Kier molecular flexibility index (Phi) is 4.78. The van der Waals surface area contributed by atoms with Gasteiger partial charge in [0.2, 0.25) is 0 Å². The molecule has 0 unspecified atom stereocenters. The van der Waals surface area contributed by atoms with Crippen LogP contribution in [0.15, 0.2) is 18.2 Å². The van der Waals surface area contributed by atoms with Gasteiger partial charge in [-0.25, -0.2) is 0 Å². The zero-order valence-electron chi connectivity index (χ0n) is 14.7. The molecule has 0 atom stereocenters. The molecule has 24 heavy (non-hydrogen) atoms. The molecular formula is C16H21BINO4S. The fourth-order valence-electron chi connectivity index (χ4n) is 2.74. The first-order valence-electron chi connectivity index (χ1n) is 7.66. The number of benzene rings is 1. The van der Waals surface area contributed by atoms with E-state index in [0.29, 0.717) is 11.5 Å². The zero-order valence-corrected chi connectivity index (χ0v) is 17.6. The lowest BCUT2D eigenvalue weighted by Crippen LogP contribution is -2.41. The second kappa shape index (κ2) is 6.30. The van der Waals surface area contributed by atoms with Crippen LogP contribution >= 0.6 is 30.3 Å². The molecule has 3 rings (SSSR count). The summed E-state index contributed by atoms with van der Waals surface area (Å²) in [7, 11) is 4.45. The summed E-state index contributed by atoms with van der Waals surface area (Å²) < 4.78 is 25.4. The first-order chi connectivity index (χ1) is 11.2. The number of hydrogen-bond donors (Lipinski definition) is 0. The van der Waals surface area contributed by atoms with Crippen molar-refractivity contribution in [2.45, 2.75) is 38.9 Å². The molecule has 1 aromatic carbocycles. The monoisotopic (exact) mass is 461 g/mol. The van der Waals surface area contributed by atoms with Gasteiger partial charge in [0.15, 0.2) is 11.5 Å². The minimum Gasteiger partial charge on any atom is -0.493 e. The standard InChI is InChI=1S/C16H21BINO4S/c1-15(2)16(3,4)23-17(22-15)14-8-10-7-12(20-5)13(21-6)9-11(10)19(14)24-18/h7-9H,1-6H3. The number of halogens is 1. The Bertz CT molecular complexity index is 761. The second-order valence-electron chi connectivity index (χ2n) is 6.79. The molecule has 1 saturated heterocycles. The summed E-state index contributed by atoms with van der Waals surface area (Å²) >= 11 is 2.27. The highest BCUT2D eigenvalue weighted by Gasteiger charge is 2.52. The molecule has 0 bridgehead atoms. The summed E-state index contributed by atoms with van der Waals surface area (Å²) in [5, 5.41) is 1.06. The van der Waals surface area contributed by atoms with Crippen molar-refractivity contribution < 1.29 is 18.8 Å². The molecule has 1 aliphatic rings. The molecule has 8 heteroatoms. The van der Waals surface area contributed by atoms with Crippen molar-refractivity contribution >= 4 is 53.9 Å². The van der Waals surface area contributed by atoms with E-state index in [1.807, 2.05) is 12.1 Å². The molecule has 1 aliphatic heterocycles. The maximum absolute atomic E-state index is 6.21. The molecule has 0 saturated carbocycles. The Balaban J connectivity index is 2.12. The lowest BCUT2D eigenvalue weighted by molar-refractivity contribution is 0.00578. The highest BCUT2D eigenvalue weighted by Crippen LogP contribution is 2.39. The van der Waals surface area contributed by atoms with E-state index in [1.54, 1.807) is 23.3 Å². The van der Waals surface area contributed by atoms with Gasteiger partial charge < -0.3 is 18.8 Å². The minimum absolute atomic E-state index is 0.371. The predicted octanol–water partition coefficient (Wildman–Crippen LogP) is 3.80. The Labute approximate surface area is 159 Å². The Morgan fingerprint density at radius 2 is 1.54 bits per heavy atom. The van der Waals surface area contributed by atoms with Gasteiger partial charge in [0.05, 0.1) is 36.5 Å². The molecule has 0 N–H and O–H groups in total. The summed E-state index contributed by atoms with van der Waals surface area (Å²) in [6, 6.07) is 6.05. The van der Waals surface area contributed by atoms with Crippen molar-refractivity contribution in [3.8, 4) is 11.5 Å². The Hall–Kier alpha value is -0.575. The molecule has 130 valence electrons. The summed E-state index contributed by atoms with van der Waals surface area (Å²) in [5.74, 6) is 1.41. The SMILES string of the molecule is COc1cc2cc(B3OC(C)(C)C(C)(C)O3)n(SI)c2cc1OC. The van der Waals surface area contributed by atoms with E-state index in [-0.39, 0.29) is 11.2 Å². The summed E-state index contributed by atoms with van der Waals surface area (Å²) in [5.41, 5.74) is 1.27. The summed E-state index contributed by atoms with van der Waals surface area (Å²) in [4.78, 5) is 0. The van der Waals surface area contributed by atoms with Crippen LogP contribution in [0.2, 0.25) is 0 Å². The summed E-state index contributed by atoms with van der Waals surface area (Å²) in [6.45, 7) is 8.24. The first kappa shape index (κ1) is 18.2. The predicted molar refractivity (Wildman–Crippen MR) is 108 cm³/mol. The van der Waals surface area contributed by atoms with Crippen LogP contribution in [0.3, 0.4) is 0 Å². The molecule has 0 spiro atoms. The number of aromatic nitrogens is 1. The molecule has 1 fully saturated rings. The molecule has 0 radical (unpaired) electrons. The van der Waals surface area contributed by atoms with Crippen LogP contribution in [-0.2, 0) is 9.31 Å². The largest absolute Gasteiger partial charge is 0.513 e. The number of nitrogens with zero attached hydrogens (tertiary/aromatic N) is 1. The van der Waals surface area contributed by atoms with Gasteiger partial charge in [-0.3, -0.25) is 3.97 Å². The highest BCUT2D eigenvalue weighted by atomic mass is 127. The van der Waals surface area contributed by atoms with Crippen LogP contribution in [0.25, 0.3) is 10.9 Å². The third-order valence-corrected chi connectivity index (χ3v) is 6.58. The topological polar surface area (TPSA) is 41.9 Å². The van der Waals surface area contributed by atoms with Crippen molar-refractivity contribution in [2.24, 2.45) is 0 Å². The number of methoxy groups -OCH3 is 2. The van der Waals surface area contributed by atoms with Crippen LogP contribution in [0.4, 0.5) is 0 Å². The molecule has 2 heterocycles. The molecular weight excluding hydrogens is 440 g/mol. The normalized spacial score (nSPS) is 19.0. The maximum atomic E-state index is 6.21. The van der Waals surface area contributed by atoms with E-state index in [2.05, 4.69) is 58.9 Å². The fraction of sp³-hybridized carbons (Fsp3) is 0.500. The van der Waals surface area contributed by atoms with Gasteiger partial charge in [0.1, 0.15) is 0 Å². The molecule has 1 aromatic heterocycles. The van der Waals surface area contributed by atoms with E-state index < -0.39 is 7.12 Å². The third-order valence-electron chi connectivity index (χ3n) is 4.85. The van der Waals surface area contributed by atoms with Crippen molar-refractivity contribution in [2.75, 3.05) is 14.2 Å². The number of ether oxygens (including phenoxy) is 2. The quantitative estimate of drug-likeness (QED) is 0.512. The van der Waals surface area contributed by atoms with Crippen LogP contribution in [-0.4, -0.2) is 36.5 Å². The van der Waals surface area contributed by atoms with E-state index >= 15 is 0 Å². The van der Waals surface area contributed by atoms with Crippen molar-refractivity contribution in [1.82, 2.24) is 3.97 Å². The average Bonchev–Trinajstić information content (AvgIpc) is 2.99. The van der Waals surface area contributed by atoms with E-state index in [0.717, 1.165) is 16.5 Å².